The molecule has 1 aliphatic heterocycles. The Bertz CT molecular complexity index is 799. The molecule has 0 aliphatic carbocycles. The van der Waals surface area contributed by atoms with Crippen LogP contribution in [0.1, 0.15) is 23.5 Å². The summed E-state index contributed by atoms with van der Waals surface area (Å²) in [7, 11) is -4.30. The van der Waals surface area contributed by atoms with Crippen LogP contribution in [0, 0.1) is 3.57 Å². The van der Waals surface area contributed by atoms with E-state index >= 15 is 0 Å². The average Bonchev–Trinajstić information content (AvgIpc) is 2.98. The summed E-state index contributed by atoms with van der Waals surface area (Å²) in [6.45, 7) is -0.0855. The lowest BCUT2D eigenvalue weighted by atomic mass is 10.0. The lowest BCUT2D eigenvalue weighted by molar-refractivity contribution is -0.0688. The van der Waals surface area contributed by atoms with Crippen LogP contribution in [0.3, 0.4) is 0 Å². The summed E-state index contributed by atoms with van der Waals surface area (Å²) in [5, 5.41) is 0. The molecule has 0 saturated carbocycles. The molecule has 1 aliphatic rings. The first-order chi connectivity index (χ1) is 11.4. The highest BCUT2D eigenvalue weighted by Gasteiger charge is 2.39. The fraction of sp³-hybridized carbons (Fsp3) is 0.250. The Balaban J connectivity index is 1.86. The summed E-state index contributed by atoms with van der Waals surface area (Å²) in [5.74, 6) is 0. The topological polar surface area (TPSA) is 84.9 Å². The average molecular weight is 461 g/mol. The maximum atomic E-state index is 11.0. The first-order valence-corrected chi connectivity index (χ1v) is 9.78. The zero-order valence-corrected chi connectivity index (χ0v) is 15.5. The van der Waals surface area contributed by atoms with Gasteiger partial charge in [0, 0.05) is 15.7 Å². The number of halogens is 1. The van der Waals surface area contributed by atoms with Gasteiger partial charge in [-0.2, -0.15) is 13.1 Å². The number of hydrogen-bond donors (Lipinski definition) is 2. The van der Waals surface area contributed by atoms with Gasteiger partial charge in [-0.25, -0.2) is 0 Å². The molecule has 2 N–H and O–H groups in total. The van der Waals surface area contributed by atoms with Crippen molar-refractivity contribution in [3.8, 4) is 0 Å². The Kier molecular flexibility index (Phi) is 5.52. The van der Waals surface area contributed by atoms with E-state index in [0.717, 1.165) is 14.7 Å². The Morgan fingerprint density at radius 2 is 1.71 bits per heavy atom. The molecule has 6 nitrogen and oxygen atoms in total. The summed E-state index contributed by atoms with van der Waals surface area (Å²) in [4.78, 5) is 0. The number of nitrogens with one attached hydrogen (secondary N) is 1. The van der Waals surface area contributed by atoms with Crippen LogP contribution < -0.4 is 4.72 Å². The number of rotatable bonds is 5. The minimum absolute atomic E-state index is 0.0855. The van der Waals surface area contributed by atoms with Gasteiger partial charge in [0.1, 0.15) is 12.2 Å². The predicted molar refractivity (Wildman–Crippen MR) is 96.6 cm³/mol. The van der Waals surface area contributed by atoms with Crippen molar-refractivity contribution < 1.29 is 22.4 Å². The van der Waals surface area contributed by atoms with Gasteiger partial charge in [0.2, 0.25) is 0 Å². The maximum absolute atomic E-state index is 11.0. The molecular weight excluding hydrogens is 445 g/mol. The number of hydrogen-bond acceptors (Lipinski definition) is 4. The summed E-state index contributed by atoms with van der Waals surface area (Å²) in [6, 6.07) is 17.1. The second kappa shape index (κ2) is 7.46. The molecule has 0 amide bonds. The molecule has 0 aromatic heterocycles. The zero-order chi connectivity index (χ0) is 17.2. The van der Waals surface area contributed by atoms with Gasteiger partial charge in [-0.05, 0) is 34.2 Å². The van der Waals surface area contributed by atoms with Gasteiger partial charge < -0.3 is 9.47 Å². The second-order valence-corrected chi connectivity index (χ2v) is 7.72. The van der Waals surface area contributed by atoms with Crippen LogP contribution in [0.15, 0.2) is 54.6 Å². The molecule has 3 rings (SSSR count). The van der Waals surface area contributed by atoms with E-state index in [0.29, 0.717) is 0 Å². The van der Waals surface area contributed by atoms with Crippen LogP contribution in [-0.4, -0.2) is 25.6 Å². The molecular formula is C16H16INO5S. The third kappa shape index (κ3) is 4.32. The highest BCUT2D eigenvalue weighted by Crippen LogP contribution is 2.40. The maximum Gasteiger partial charge on any atom is 0.333 e. The van der Waals surface area contributed by atoms with Gasteiger partial charge in [-0.15, -0.1) is 0 Å². The van der Waals surface area contributed by atoms with Crippen LogP contribution in [0.25, 0.3) is 0 Å². The van der Waals surface area contributed by atoms with Gasteiger partial charge in [-0.3, -0.25) is 4.55 Å². The summed E-state index contributed by atoms with van der Waals surface area (Å²) >= 11 is 2.20. The largest absolute Gasteiger partial charge is 0.341 e. The van der Waals surface area contributed by atoms with Crippen molar-refractivity contribution in [1.82, 2.24) is 4.72 Å². The number of ether oxygens (including phenoxy) is 2. The molecule has 3 atom stereocenters. The first-order valence-electron chi connectivity index (χ1n) is 7.26. The Labute approximate surface area is 154 Å². The van der Waals surface area contributed by atoms with Gasteiger partial charge in [-0.1, -0.05) is 48.5 Å². The molecule has 24 heavy (non-hydrogen) atoms. The van der Waals surface area contributed by atoms with Crippen LogP contribution in [-0.2, 0) is 19.8 Å². The van der Waals surface area contributed by atoms with E-state index in [1.807, 2.05) is 54.6 Å². The van der Waals surface area contributed by atoms with Crippen LogP contribution in [0.2, 0.25) is 0 Å². The Hall–Kier alpha value is -1.04. The van der Waals surface area contributed by atoms with E-state index in [1.165, 1.54) is 0 Å². The fourth-order valence-electron chi connectivity index (χ4n) is 2.57. The molecule has 0 radical (unpaired) electrons. The molecule has 8 heteroatoms. The van der Waals surface area contributed by atoms with Crippen LogP contribution >= 0.6 is 22.6 Å². The molecule has 1 saturated heterocycles. The molecule has 0 spiro atoms. The van der Waals surface area contributed by atoms with Crippen molar-refractivity contribution in [2.75, 3.05) is 6.54 Å². The molecule has 2 aromatic rings. The lowest BCUT2D eigenvalue weighted by Crippen LogP contribution is -2.34. The van der Waals surface area contributed by atoms with Crippen molar-refractivity contribution in [3.63, 3.8) is 0 Å². The van der Waals surface area contributed by atoms with Crippen molar-refractivity contribution in [2.45, 2.75) is 18.5 Å². The van der Waals surface area contributed by atoms with Gasteiger partial charge in [0.15, 0.2) is 6.29 Å². The Morgan fingerprint density at radius 3 is 2.38 bits per heavy atom. The molecule has 1 unspecified atom stereocenters. The van der Waals surface area contributed by atoms with E-state index < -0.39 is 28.8 Å². The quantitative estimate of drug-likeness (QED) is 0.529. The van der Waals surface area contributed by atoms with Crippen molar-refractivity contribution in [3.05, 3.63) is 69.3 Å². The van der Waals surface area contributed by atoms with E-state index in [1.54, 1.807) is 0 Å². The molecule has 2 aromatic carbocycles. The van der Waals surface area contributed by atoms with Crippen molar-refractivity contribution in [1.29, 1.82) is 0 Å². The smallest absolute Gasteiger partial charge is 0.333 e. The normalized spacial score (nSPS) is 24.2. The van der Waals surface area contributed by atoms with E-state index in [2.05, 4.69) is 27.3 Å². The molecule has 128 valence electrons. The Morgan fingerprint density at radius 1 is 1.04 bits per heavy atom. The van der Waals surface area contributed by atoms with E-state index in [4.69, 9.17) is 14.0 Å². The third-order valence-corrected chi connectivity index (χ3v) is 5.17. The van der Waals surface area contributed by atoms with Gasteiger partial charge in [0.05, 0.1) is 0 Å². The standard InChI is InChI=1S/C16H16INO5S/c17-13-9-5-4-8-12(13)15-14(10-18-24(19,20)21)22-16(23-15)11-6-2-1-3-7-11/h1-9,14-16,18H,10H2,(H,19,20,21)/t14-,15-,16?/m0/s1. The minimum atomic E-state index is -4.30. The molecule has 1 heterocycles. The van der Waals surface area contributed by atoms with Crippen LogP contribution in [0.5, 0.6) is 0 Å². The van der Waals surface area contributed by atoms with Crippen LogP contribution in [0.4, 0.5) is 0 Å². The fourth-order valence-corrected chi connectivity index (χ4v) is 3.64. The number of benzene rings is 2. The second-order valence-electron chi connectivity index (χ2n) is 5.32. The highest BCUT2D eigenvalue weighted by molar-refractivity contribution is 14.1. The monoisotopic (exact) mass is 461 g/mol. The predicted octanol–water partition coefficient (Wildman–Crippen LogP) is 2.84. The molecule has 1 fully saturated rings. The van der Waals surface area contributed by atoms with Crippen molar-refractivity contribution in [2.24, 2.45) is 0 Å². The third-order valence-electron chi connectivity index (χ3n) is 3.66. The highest BCUT2D eigenvalue weighted by atomic mass is 127. The van der Waals surface area contributed by atoms with E-state index in [9.17, 15) is 8.42 Å². The zero-order valence-electron chi connectivity index (χ0n) is 12.5. The lowest BCUT2D eigenvalue weighted by Gasteiger charge is -2.18. The summed E-state index contributed by atoms with van der Waals surface area (Å²) in [6.07, 6.45) is -1.61. The molecule has 0 bridgehead atoms. The van der Waals surface area contributed by atoms with Crippen molar-refractivity contribution >= 4 is 32.9 Å². The summed E-state index contributed by atoms with van der Waals surface area (Å²) in [5.41, 5.74) is 1.77. The summed E-state index contributed by atoms with van der Waals surface area (Å²) < 4.78 is 45.9. The van der Waals surface area contributed by atoms with E-state index in [-0.39, 0.29) is 6.54 Å². The van der Waals surface area contributed by atoms with Gasteiger partial charge in [0.25, 0.3) is 0 Å². The first kappa shape index (κ1) is 17.8. The minimum Gasteiger partial charge on any atom is -0.341 e. The van der Waals surface area contributed by atoms with Gasteiger partial charge >= 0.3 is 10.3 Å². The SMILES string of the molecule is O=S(=O)(O)NC[C@@H]1OC(c2ccccc2)O[C@H]1c1ccccc1I.